The average molecular weight is 235 g/mol. The summed E-state index contributed by atoms with van der Waals surface area (Å²) in [5.41, 5.74) is 0.331. The van der Waals surface area contributed by atoms with Crippen molar-refractivity contribution in [3.8, 4) is 11.5 Å². The summed E-state index contributed by atoms with van der Waals surface area (Å²) in [4.78, 5) is 0. The van der Waals surface area contributed by atoms with Crippen LogP contribution in [0.2, 0.25) is 0 Å². The standard InChI is InChI=1S/C12H14FN3O/c1-3-10(14-2)12-16-15-11(17-12)8-6-4-5-7-9(8)13/h4-7,10,14H,3H2,1-2H3. The second-order valence-corrected chi connectivity index (χ2v) is 3.67. The molecule has 0 radical (unpaired) electrons. The van der Waals surface area contributed by atoms with E-state index in [2.05, 4.69) is 15.5 Å². The molecule has 4 nitrogen and oxygen atoms in total. The smallest absolute Gasteiger partial charge is 0.250 e. The number of hydrogen-bond acceptors (Lipinski definition) is 4. The molecule has 1 aromatic carbocycles. The number of rotatable bonds is 4. The number of halogens is 1. The molecule has 1 N–H and O–H groups in total. The van der Waals surface area contributed by atoms with Crippen LogP contribution in [0.15, 0.2) is 28.7 Å². The molecule has 0 bridgehead atoms. The van der Waals surface area contributed by atoms with Crippen molar-refractivity contribution in [1.29, 1.82) is 0 Å². The van der Waals surface area contributed by atoms with Crippen LogP contribution in [0.3, 0.4) is 0 Å². The minimum Gasteiger partial charge on any atom is -0.419 e. The van der Waals surface area contributed by atoms with Crippen molar-refractivity contribution in [1.82, 2.24) is 15.5 Å². The third-order valence-corrected chi connectivity index (χ3v) is 2.60. The van der Waals surface area contributed by atoms with Gasteiger partial charge in [-0.2, -0.15) is 0 Å². The van der Waals surface area contributed by atoms with Crippen molar-refractivity contribution in [2.24, 2.45) is 0 Å². The summed E-state index contributed by atoms with van der Waals surface area (Å²) in [5.74, 6) is 0.334. The lowest BCUT2D eigenvalue weighted by molar-refractivity contribution is 0.414. The van der Waals surface area contributed by atoms with Crippen molar-refractivity contribution >= 4 is 0 Å². The zero-order valence-electron chi connectivity index (χ0n) is 9.77. The van der Waals surface area contributed by atoms with Gasteiger partial charge in [-0.1, -0.05) is 19.1 Å². The maximum atomic E-state index is 13.5. The molecule has 1 aromatic heterocycles. The van der Waals surface area contributed by atoms with E-state index in [9.17, 15) is 4.39 Å². The van der Waals surface area contributed by atoms with E-state index < -0.39 is 0 Å². The summed E-state index contributed by atoms with van der Waals surface area (Å²) in [6.07, 6.45) is 0.829. The van der Waals surface area contributed by atoms with Gasteiger partial charge in [-0.25, -0.2) is 4.39 Å². The minimum absolute atomic E-state index is 0.00280. The fraction of sp³-hybridized carbons (Fsp3) is 0.333. The van der Waals surface area contributed by atoms with E-state index in [4.69, 9.17) is 4.42 Å². The summed E-state index contributed by atoms with van der Waals surface area (Å²) < 4.78 is 19.0. The molecule has 17 heavy (non-hydrogen) atoms. The normalized spacial score (nSPS) is 12.6. The third kappa shape index (κ3) is 2.34. The fourth-order valence-electron chi connectivity index (χ4n) is 1.62. The number of nitrogens with zero attached hydrogens (tertiary/aromatic N) is 2. The van der Waals surface area contributed by atoms with Crippen molar-refractivity contribution in [3.63, 3.8) is 0 Å². The molecule has 1 atom stereocenters. The lowest BCUT2D eigenvalue weighted by Crippen LogP contribution is -2.15. The van der Waals surface area contributed by atoms with E-state index in [1.807, 2.05) is 14.0 Å². The van der Waals surface area contributed by atoms with Crippen LogP contribution in [-0.2, 0) is 0 Å². The molecule has 0 amide bonds. The second kappa shape index (κ2) is 5.05. The topological polar surface area (TPSA) is 51.0 Å². The fourth-order valence-corrected chi connectivity index (χ4v) is 1.62. The predicted octanol–water partition coefficient (Wildman–Crippen LogP) is 2.55. The van der Waals surface area contributed by atoms with Gasteiger partial charge < -0.3 is 9.73 Å². The predicted molar refractivity (Wildman–Crippen MR) is 61.8 cm³/mol. The highest BCUT2D eigenvalue weighted by atomic mass is 19.1. The van der Waals surface area contributed by atoms with E-state index in [1.165, 1.54) is 6.07 Å². The maximum Gasteiger partial charge on any atom is 0.250 e. The van der Waals surface area contributed by atoms with Gasteiger partial charge in [0.2, 0.25) is 5.89 Å². The zero-order chi connectivity index (χ0) is 12.3. The molecule has 5 heteroatoms. The molecule has 0 saturated carbocycles. The molecule has 0 aliphatic heterocycles. The molecule has 2 rings (SSSR count). The molecule has 0 saturated heterocycles. The minimum atomic E-state index is -0.361. The SMILES string of the molecule is CCC(NC)c1nnc(-c2ccccc2F)o1. The Balaban J connectivity index is 2.33. The van der Waals surface area contributed by atoms with Gasteiger partial charge in [-0.05, 0) is 25.6 Å². The Bertz CT molecular complexity index is 494. The molecule has 90 valence electrons. The Morgan fingerprint density at radius 3 is 2.76 bits per heavy atom. The van der Waals surface area contributed by atoms with Crippen molar-refractivity contribution < 1.29 is 8.81 Å². The first-order valence-electron chi connectivity index (χ1n) is 5.51. The second-order valence-electron chi connectivity index (χ2n) is 3.67. The molecular weight excluding hydrogens is 221 g/mol. The van der Waals surface area contributed by atoms with E-state index in [1.54, 1.807) is 18.2 Å². The first kappa shape index (κ1) is 11.7. The van der Waals surface area contributed by atoms with Gasteiger partial charge >= 0.3 is 0 Å². The summed E-state index contributed by atoms with van der Waals surface area (Å²) in [6, 6.07) is 6.35. The largest absolute Gasteiger partial charge is 0.419 e. The summed E-state index contributed by atoms with van der Waals surface area (Å²) in [6.45, 7) is 2.01. The molecule has 0 fully saturated rings. The Morgan fingerprint density at radius 1 is 1.35 bits per heavy atom. The van der Waals surface area contributed by atoms with Gasteiger partial charge in [0.15, 0.2) is 0 Å². The maximum absolute atomic E-state index is 13.5. The van der Waals surface area contributed by atoms with Gasteiger partial charge in [0.25, 0.3) is 5.89 Å². The van der Waals surface area contributed by atoms with Crippen molar-refractivity contribution in [2.45, 2.75) is 19.4 Å². The molecule has 0 spiro atoms. The van der Waals surface area contributed by atoms with Gasteiger partial charge in [0.1, 0.15) is 5.82 Å². The zero-order valence-corrected chi connectivity index (χ0v) is 9.77. The molecule has 0 aliphatic carbocycles. The molecule has 1 unspecified atom stereocenters. The van der Waals surface area contributed by atoms with Gasteiger partial charge in [-0.15, -0.1) is 10.2 Å². The van der Waals surface area contributed by atoms with Crippen LogP contribution in [0.1, 0.15) is 25.3 Å². The Morgan fingerprint density at radius 2 is 2.12 bits per heavy atom. The van der Waals surface area contributed by atoms with Crippen LogP contribution in [0.5, 0.6) is 0 Å². The van der Waals surface area contributed by atoms with Crippen molar-refractivity contribution in [2.75, 3.05) is 7.05 Å². The van der Waals surface area contributed by atoms with E-state index in [0.717, 1.165) is 6.42 Å². The third-order valence-electron chi connectivity index (χ3n) is 2.60. The van der Waals surface area contributed by atoms with Gasteiger partial charge in [0.05, 0.1) is 11.6 Å². The number of hydrogen-bond donors (Lipinski definition) is 1. The lowest BCUT2D eigenvalue weighted by Gasteiger charge is -2.07. The van der Waals surface area contributed by atoms with Crippen LogP contribution < -0.4 is 5.32 Å². The Labute approximate surface area is 98.9 Å². The first-order chi connectivity index (χ1) is 8.26. The molecular formula is C12H14FN3O. The summed E-state index contributed by atoms with van der Waals surface area (Å²) in [5, 5.41) is 10.9. The van der Waals surface area contributed by atoms with Gasteiger partial charge in [0, 0.05) is 0 Å². The van der Waals surface area contributed by atoms with E-state index in [-0.39, 0.29) is 17.7 Å². The molecule has 1 heterocycles. The highest BCUT2D eigenvalue weighted by Gasteiger charge is 2.17. The van der Waals surface area contributed by atoms with E-state index in [0.29, 0.717) is 11.5 Å². The molecule has 0 aliphatic rings. The molecule has 2 aromatic rings. The van der Waals surface area contributed by atoms with Crippen LogP contribution >= 0.6 is 0 Å². The van der Waals surface area contributed by atoms with E-state index >= 15 is 0 Å². The Kier molecular flexibility index (Phi) is 3.49. The van der Waals surface area contributed by atoms with Crippen LogP contribution in [0.25, 0.3) is 11.5 Å². The summed E-state index contributed by atoms with van der Waals surface area (Å²) in [7, 11) is 1.82. The average Bonchev–Trinajstić information content (AvgIpc) is 2.81. The van der Waals surface area contributed by atoms with Crippen LogP contribution in [0.4, 0.5) is 4.39 Å². The number of aromatic nitrogens is 2. The number of benzene rings is 1. The highest BCUT2D eigenvalue weighted by molar-refractivity contribution is 5.53. The monoisotopic (exact) mass is 235 g/mol. The van der Waals surface area contributed by atoms with Crippen LogP contribution in [-0.4, -0.2) is 17.2 Å². The van der Waals surface area contributed by atoms with Gasteiger partial charge in [-0.3, -0.25) is 0 Å². The van der Waals surface area contributed by atoms with Crippen LogP contribution in [0, 0.1) is 5.82 Å². The lowest BCUT2D eigenvalue weighted by atomic mass is 10.2. The summed E-state index contributed by atoms with van der Waals surface area (Å²) >= 11 is 0. The highest BCUT2D eigenvalue weighted by Crippen LogP contribution is 2.23. The van der Waals surface area contributed by atoms with Crippen molar-refractivity contribution in [3.05, 3.63) is 36.0 Å². The first-order valence-corrected chi connectivity index (χ1v) is 5.51. The number of nitrogens with one attached hydrogen (secondary N) is 1. The quantitative estimate of drug-likeness (QED) is 0.884. The Hall–Kier alpha value is -1.75.